The zero-order valence-corrected chi connectivity index (χ0v) is 40.7. The number of carbonyl (C=O) groups excluding carboxylic acids is 4. The van der Waals surface area contributed by atoms with Crippen LogP contribution < -0.4 is 37.8 Å². The zero-order chi connectivity index (χ0) is 50.1. The van der Waals surface area contributed by atoms with Gasteiger partial charge in [0.05, 0.1) is 47.4 Å². The van der Waals surface area contributed by atoms with Crippen molar-refractivity contribution >= 4 is 90.6 Å². The van der Waals surface area contributed by atoms with E-state index in [0.717, 1.165) is 39.8 Å². The first-order valence-corrected chi connectivity index (χ1v) is 24.1. The Morgan fingerprint density at radius 3 is 1.65 bits per heavy atom. The van der Waals surface area contributed by atoms with Gasteiger partial charge in [-0.1, -0.05) is 12.1 Å². The highest BCUT2D eigenvalue weighted by Gasteiger charge is 2.19. The van der Waals surface area contributed by atoms with Crippen LogP contribution in [-0.4, -0.2) is 92.6 Å². The maximum Gasteiger partial charge on any atom is 0.274 e. The Kier molecular flexibility index (Phi) is 14.8. The number of carbonyl (C=O) groups is 4. The molecule has 3 aromatic carbocycles. The van der Waals surface area contributed by atoms with Crippen LogP contribution in [0.3, 0.4) is 0 Å². The van der Waals surface area contributed by atoms with Crippen molar-refractivity contribution in [2.24, 2.45) is 0 Å². The van der Waals surface area contributed by atoms with Crippen molar-refractivity contribution in [3.63, 3.8) is 0 Å². The minimum absolute atomic E-state index is 0.130. The Bertz CT molecular complexity index is 3420. The Hall–Kier alpha value is -8.54. The molecule has 22 heteroatoms. The molecule has 8 N–H and O–H groups in total. The van der Waals surface area contributed by atoms with Crippen molar-refractivity contribution < 1.29 is 33.5 Å². The number of nitrogen functional groups attached to an aromatic ring is 1. The third kappa shape index (κ3) is 11.2. The SMILES string of the molecule is COCCNC(=O)c1ccn2c(-c3csc(Nc4ccc(C(=O)NOCOCCNC(=O)c5ccn6c(-c7csc(Nc8ccc(C(=O)Nc9ccccc9N)cc8)n7)c(C)nc6c5)cc4)n3)c(C)nc2c1. The number of ether oxygens (including phenoxy) is 2. The molecule has 0 radical (unpaired) electrons. The second-order valence-electron chi connectivity index (χ2n) is 16.0. The highest BCUT2D eigenvalue weighted by Crippen LogP contribution is 2.32. The van der Waals surface area contributed by atoms with E-state index >= 15 is 0 Å². The summed E-state index contributed by atoms with van der Waals surface area (Å²) in [6, 6.07) is 27.8. The van der Waals surface area contributed by atoms with Crippen molar-refractivity contribution in [1.82, 2.24) is 44.9 Å². The van der Waals surface area contributed by atoms with Crippen molar-refractivity contribution in [3.8, 4) is 22.8 Å². The average molecular weight is 1010 g/mol. The van der Waals surface area contributed by atoms with Gasteiger partial charge in [0.25, 0.3) is 23.6 Å². The van der Waals surface area contributed by atoms with Gasteiger partial charge in [-0.05, 0) is 98.8 Å². The van der Waals surface area contributed by atoms with Crippen LogP contribution in [0.2, 0.25) is 0 Å². The summed E-state index contributed by atoms with van der Waals surface area (Å²) in [6.07, 6.45) is 3.59. The number of fused-ring (bicyclic) bond motifs is 2. The third-order valence-electron chi connectivity index (χ3n) is 11.1. The van der Waals surface area contributed by atoms with Gasteiger partial charge in [-0.2, -0.15) is 0 Å². The molecule has 72 heavy (non-hydrogen) atoms. The summed E-state index contributed by atoms with van der Waals surface area (Å²) in [5, 5.41) is 20.2. The number of aromatic nitrogens is 6. The quantitative estimate of drug-likeness (QED) is 0.0168. The summed E-state index contributed by atoms with van der Waals surface area (Å²) < 4.78 is 14.3. The molecule has 0 atom stereocenters. The van der Waals surface area contributed by atoms with Gasteiger partial charge in [0.15, 0.2) is 17.1 Å². The van der Waals surface area contributed by atoms with E-state index in [4.69, 9.17) is 35.0 Å². The second-order valence-corrected chi connectivity index (χ2v) is 17.7. The van der Waals surface area contributed by atoms with Crippen molar-refractivity contribution in [2.45, 2.75) is 13.8 Å². The maximum atomic E-state index is 13.0. The number of anilines is 6. The first kappa shape index (κ1) is 48.5. The van der Waals surface area contributed by atoms with Gasteiger partial charge in [-0.25, -0.2) is 30.3 Å². The Morgan fingerprint density at radius 2 is 1.12 bits per heavy atom. The number of rotatable bonds is 20. The first-order valence-electron chi connectivity index (χ1n) is 22.4. The lowest BCUT2D eigenvalue weighted by atomic mass is 10.2. The van der Waals surface area contributed by atoms with Gasteiger partial charge in [0.1, 0.15) is 22.7 Å². The summed E-state index contributed by atoms with van der Waals surface area (Å²) in [7, 11) is 1.58. The van der Waals surface area contributed by atoms with Gasteiger partial charge < -0.3 is 41.8 Å². The van der Waals surface area contributed by atoms with E-state index in [1.165, 1.54) is 22.7 Å². The van der Waals surface area contributed by atoms with Gasteiger partial charge in [-0.15, -0.1) is 22.7 Å². The van der Waals surface area contributed by atoms with E-state index in [1.54, 1.807) is 110 Å². The molecule has 0 fully saturated rings. The molecule has 6 heterocycles. The molecular formula is C50H47N13O7S2. The van der Waals surface area contributed by atoms with Crippen LogP contribution in [0, 0.1) is 13.8 Å². The molecule has 0 spiro atoms. The predicted octanol–water partition coefficient (Wildman–Crippen LogP) is 7.61. The number of pyridine rings is 2. The topological polar surface area (TPSA) is 255 Å². The molecule has 0 bridgehead atoms. The molecule has 6 aromatic heterocycles. The number of aryl methyl sites for hydroxylation is 2. The first-order chi connectivity index (χ1) is 35.0. The average Bonchev–Trinajstić information content (AvgIpc) is 4.18. The van der Waals surface area contributed by atoms with E-state index < -0.39 is 5.91 Å². The monoisotopic (exact) mass is 1010 g/mol. The normalized spacial score (nSPS) is 11.2. The minimum atomic E-state index is -0.464. The number of thiazole rings is 2. The van der Waals surface area contributed by atoms with Crippen LogP contribution in [0.5, 0.6) is 0 Å². The zero-order valence-electron chi connectivity index (χ0n) is 39.0. The van der Waals surface area contributed by atoms with Crippen LogP contribution in [0.25, 0.3) is 34.1 Å². The lowest BCUT2D eigenvalue weighted by Crippen LogP contribution is -2.29. The summed E-state index contributed by atoms with van der Waals surface area (Å²) >= 11 is 2.85. The standard InChI is InChI=1S/C50H47N13O7S2/c1-29-43(62-20-16-33(24-41(62)54-29)45(64)52-18-22-68-3)40-27-72-50(60-40)57-36-14-10-32(11-15-36)48(67)61-70-28-69-23-19-53-46(65)34-17-21-63-42(25-34)55-30(2)44(63)39-26-71-49(59-39)56-35-12-8-31(9-13-35)47(66)58-38-7-5-4-6-37(38)51/h4-17,20-21,24-27H,18-19,22-23,28,51H2,1-3H3,(H,52,64)(H,53,65)(H,56,59)(H,57,60)(H,58,66)(H,61,67). The van der Waals surface area contributed by atoms with Crippen molar-refractivity contribution in [3.05, 3.63) is 154 Å². The van der Waals surface area contributed by atoms with E-state index in [-0.39, 0.29) is 37.7 Å². The number of benzene rings is 3. The number of amides is 4. The Balaban J connectivity index is 0.693. The molecule has 20 nitrogen and oxygen atoms in total. The largest absolute Gasteiger partial charge is 0.397 e. The molecule has 366 valence electrons. The number of para-hydroxylation sites is 2. The molecule has 0 saturated heterocycles. The molecule has 0 unspecified atom stereocenters. The summed E-state index contributed by atoms with van der Waals surface area (Å²) in [4.78, 5) is 75.2. The van der Waals surface area contributed by atoms with Gasteiger partial charge in [0.2, 0.25) is 0 Å². The molecule has 0 aliphatic heterocycles. The van der Waals surface area contributed by atoms with Crippen LogP contribution >= 0.6 is 22.7 Å². The summed E-state index contributed by atoms with van der Waals surface area (Å²) in [6.45, 7) is 4.70. The van der Waals surface area contributed by atoms with Gasteiger partial charge >= 0.3 is 0 Å². The fraction of sp³-hybridized carbons (Fsp3) is 0.160. The number of nitrogens with two attached hydrogens (primary N) is 1. The molecule has 9 aromatic rings. The smallest absolute Gasteiger partial charge is 0.274 e. The van der Waals surface area contributed by atoms with E-state index in [1.807, 2.05) is 39.6 Å². The third-order valence-corrected chi connectivity index (χ3v) is 12.6. The summed E-state index contributed by atoms with van der Waals surface area (Å²) in [5.41, 5.74) is 18.4. The molecule has 4 amide bonds. The highest BCUT2D eigenvalue weighted by atomic mass is 32.1. The molecule has 9 rings (SSSR count). The molecular weight excluding hydrogens is 959 g/mol. The number of hydroxylamine groups is 1. The van der Waals surface area contributed by atoms with E-state index in [9.17, 15) is 19.2 Å². The van der Waals surface area contributed by atoms with Crippen LogP contribution in [-0.2, 0) is 14.3 Å². The molecule has 0 aliphatic carbocycles. The summed E-state index contributed by atoms with van der Waals surface area (Å²) in [5.74, 6) is -1.24. The Morgan fingerprint density at radius 1 is 0.611 bits per heavy atom. The van der Waals surface area contributed by atoms with Crippen molar-refractivity contribution in [2.75, 3.05) is 61.9 Å². The maximum absolute atomic E-state index is 13.0. The van der Waals surface area contributed by atoms with Crippen LogP contribution in [0.1, 0.15) is 52.8 Å². The van der Waals surface area contributed by atoms with Crippen LogP contribution in [0.4, 0.5) is 33.0 Å². The minimum Gasteiger partial charge on any atom is -0.397 e. The fourth-order valence-electron chi connectivity index (χ4n) is 7.53. The number of methoxy groups -OCH3 is 1. The lowest BCUT2D eigenvalue weighted by molar-refractivity contribution is -0.0867. The second kappa shape index (κ2) is 22.0. The van der Waals surface area contributed by atoms with Crippen molar-refractivity contribution in [1.29, 1.82) is 0 Å². The highest BCUT2D eigenvalue weighted by molar-refractivity contribution is 7.14. The molecule has 0 saturated carbocycles. The number of hydrogen-bond donors (Lipinski definition) is 7. The van der Waals surface area contributed by atoms with Gasteiger partial charge in [-0.3, -0.25) is 28.0 Å². The molecule has 0 aliphatic rings. The number of imidazole rings is 2. The van der Waals surface area contributed by atoms with E-state index in [0.29, 0.717) is 74.0 Å². The fourth-order valence-corrected chi connectivity index (χ4v) is 8.96. The predicted molar refractivity (Wildman–Crippen MR) is 276 cm³/mol. The number of nitrogens with zero attached hydrogens (tertiary/aromatic N) is 6. The van der Waals surface area contributed by atoms with E-state index in [2.05, 4.69) is 37.0 Å². The lowest BCUT2D eigenvalue weighted by Gasteiger charge is -2.09. The number of hydrogen-bond acceptors (Lipinski definition) is 16. The van der Waals surface area contributed by atoms with Crippen LogP contribution in [0.15, 0.2) is 120 Å². The van der Waals surface area contributed by atoms with Gasteiger partial charge in [0, 0.05) is 77.0 Å². The Labute approximate surface area is 419 Å². The number of nitrogens with one attached hydrogen (secondary N) is 6.